The van der Waals surface area contributed by atoms with Gasteiger partial charge < -0.3 is 0 Å². The first-order valence-electron chi connectivity index (χ1n) is 4.98. The summed E-state index contributed by atoms with van der Waals surface area (Å²) in [6.45, 7) is 7.13. The summed E-state index contributed by atoms with van der Waals surface area (Å²) in [5.41, 5.74) is 0. The smallest absolute Gasteiger partial charge is 0.0656 e. The molecule has 1 heteroatoms. The predicted molar refractivity (Wildman–Crippen MR) is 65.8 cm³/mol. The molecule has 0 bridgehead atoms. The zero-order valence-electron chi connectivity index (χ0n) is 8.96. The van der Waals surface area contributed by atoms with Gasteiger partial charge in [-0.15, -0.1) is 0 Å². The van der Waals surface area contributed by atoms with E-state index in [0.717, 1.165) is 0 Å². The topological polar surface area (TPSA) is 0 Å². The van der Waals surface area contributed by atoms with Crippen molar-refractivity contribution in [1.29, 1.82) is 0 Å². The van der Waals surface area contributed by atoms with Crippen molar-refractivity contribution in [2.75, 3.05) is 0 Å². The first-order valence-corrected chi connectivity index (χ1v) is 8.48. The van der Waals surface area contributed by atoms with Gasteiger partial charge in [0, 0.05) is 0 Å². The summed E-state index contributed by atoms with van der Waals surface area (Å²) >= 11 is 0. The minimum absolute atomic E-state index is 1.16. The Morgan fingerprint density at radius 1 is 1.07 bits per heavy atom. The highest BCUT2D eigenvalue weighted by molar-refractivity contribution is 6.88. The SMILES string of the molecule is C[Si](C)(C)c1ccc2[c]cccc2c1. The molecule has 1 radical (unpaired) electrons. The molecule has 2 rings (SSSR count). The van der Waals surface area contributed by atoms with Crippen LogP contribution in [0, 0.1) is 6.07 Å². The molecule has 0 heterocycles. The lowest BCUT2D eigenvalue weighted by atomic mass is 10.1. The van der Waals surface area contributed by atoms with Gasteiger partial charge in [-0.1, -0.05) is 61.2 Å². The van der Waals surface area contributed by atoms with E-state index in [1.807, 2.05) is 6.07 Å². The Labute approximate surface area is 86.6 Å². The second kappa shape index (κ2) is 3.25. The van der Waals surface area contributed by atoms with Crippen LogP contribution in [0.15, 0.2) is 36.4 Å². The van der Waals surface area contributed by atoms with E-state index < -0.39 is 8.07 Å². The minimum Gasteiger partial charge on any atom is -0.0656 e. The van der Waals surface area contributed by atoms with Gasteiger partial charge in [-0.05, 0) is 16.8 Å². The second-order valence-corrected chi connectivity index (χ2v) is 9.80. The molecule has 0 aliphatic rings. The first kappa shape index (κ1) is 9.47. The maximum absolute atomic E-state index is 3.24. The van der Waals surface area contributed by atoms with Crippen LogP contribution in [0.2, 0.25) is 19.6 Å². The molecule has 0 saturated heterocycles. The van der Waals surface area contributed by atoms with Crippen molar-refractivity contribution >= 4 is 24.0 Å². The van der Waals surface area contributed by atoms with Crippen LogP contribution in [0.25, 0.3) is 10.8 Å². The van der Waals surface area contributed by atoms with E-state index in [1.165, 1.54) is 16.0 Å². The van der Waals surface area contributed by atoms with E-state index >= 15 is 0 Å². The average molecular weight is 199 g/mol. The maximum atomic E-state index is 3.24. The average Bonchev–Trinajstić information content (AvgIpc) is 2.16. The van der Waals surface area contributed by atoms with E-state index in [2.05, 4.69) is 56.0 Å². The van der Waals surface area contributed by atoms with Gasteiger partial charge in [0.1, 0.15) is 0 Å². The van der Waals surface area contributed by atoms with E-state index in [4.69, 9.17) is 0 Å². The van der Waals surface area contributed by atoms with Gasteiger partial charge in [-0.3, -0.25) is 0 Å². The summed E-state index contributed by atoms with van der Waals surface area (Å²) in [7, 11) is -1.16. The fourth-order valence-electron chi connectivity index (χ4n) is 1.59. The highest BCUT2D eigenvalue weighted by atomic mass is 28.3. The Morgan fingerprint density at radius 2 is 1.86 bits per heavy atom. The number of rotatable bonds is 1. The lowest BCUT2D eigenvalue weighted by Gasteiger charge is -2.16. The van der Waals surface area contributed by atoms with Gasteiger partial charge in [0.05, 0.1) is 8.07 Å². The van der Waals surface area contributed by atoms with Crippen LogP contribution < -0.4 is 5.19 Å². The van der Waals surface area contributed by atoms with Gasteiger partial charge in [0.25, 0.3) is 0 Å². The van der Waals surface area contributed by atoms with Crippen LogP contribution in [-0.2, 0) is 0 Å². The largest absolute Gasteiger partial charge is 0.0776 e. The van der Waals surface area contributed by atoms with Gasteiger partial charge in [0.2, 0.25) is 0 Å². The van der Waals surface area contributed by atoms with Crippen molar-refractivity contribution in [3.63, 3.8) is 0 Å². The monoisotopic (exact) mass is 199 g/mol. The Kier molecular flexibility index (Phi) is 2.20. The van der Waals surface area contributed by atoms with E-state index in [1.54, 1.807) is 0 Å². The molecule has 0 nitrogen and oxygen atoms in total. The molecule has 14 heavy (non-hydrogen) atoms. The molecule has 0 N–H and O–H groups in total. The molecule has 0 amide bonds. The molecular weight excluding hydrogens is 184 g/mol. The summed E-state index contributed by atoms with van der Waals surface area (Å²) < 4.78 is 0. The number of hydrogen-bond acceptors (Lipinski definition) is 0. The summed E-state index contributed by atoms with van der Waals surface area (Å²) in [5.74, 6) is 0. The fourth-order valence-corrected chi connectivity index (χ4v) is 2.76. The third-order valence-electron chi connectivity index (χ3n) is 2.53. The number of hydrogen-bond donors (Lipinski definition) is 0. The van der Waals surface area contributed by atoms with E-state index in [-0.39, 0.29) is 0 Å². The molecule has 71 valence electrons. The zero-order chi connectivity index (χ0) is 10.2. The Hall–Kier alpha value is -1.08. The number of benzene rings is 2. The molecule has 0 saturated carbocycles. The van der Waals surface area contributed by atoms with Crippen LogP contribution in [0.5, 0.6) is 0 Å². The van der Waals surface area contributed by atoms with Crippen LogP contribution in [0.4, 0.5) is 0 Å². The lowest BCUT2D eigenvalue weighted by Crippen LogP contribution is -2.37. The predicted octanol–water partition coefficient (Wildman–Crippen LogP) is 3.19. The van der Waals surface area contributed by atoms with Gasteiger partial charge >= 0.3 is 0 Å². The van der Waals surface area contributed by atoms with E-state index in [0.29, 0.717) is 0 Å². The zero-order valence-corrected chi connectivity index (χ0v) is 9.96. The van der Waals surface area contributed by atoms with Gasteiger partial charge in [-0.2, -0.15) is 0 Å². The van der Waals surface area contributed by atoms with Gasteiger partial charge in [-0.25, -0.2) is 0 Å². The molecular formula is C13H15Si. The van der Waals surface area contributed by atoms with Crippen molar-refractivity contribution in [3.05, 3.63) is 42.5 Å². The normalized spacial score (nSPS) is 11.9. The van der Waals surface area contributed by atoms with Crippen LogP contribution >= 0.6 is 0 Å². The molecule has 0 aliphatic carbocycles. The van der Waals surface area contributed by atoms with Crippen LogP contribution in [-0.4, -0.2) is 8.07 Å². The van der Waals surface area contributed by atoms with Crippen LogP contribution in [0.3, 0.4) is 0 Å². The summed E-state index contributed by atoms with van der Waals surface area (Å²) in [4.78, 5) is 0. The standard InChI is InChI=1S/C13H15Si/c1-14(2,3)13-9-8-11-6-4-5-7-12(11)10-13/h4-5,7-10H,1-3H3. The lowest BCUT2D eigenvalue weighted by molar-refractivity contribution is 1.70. The Balaban J connectivity index is 2.63. The van der Waals surface area contributed by atoms with Crippen molar-refractivity contribution in [1.82, 2.24) is 0 Å². The highest BCUT2D eigenvalue weighted by Gasteiger charge is 2.15. The van der Waals surface area contributed by atoms with Crippen molar-refractivity contribution in [2.45, 2.75) is 19.6 Å². The third-order valence-corrected chi connectivity index (χ3v) is 4.57. The summed E-state index contributed by atoms with van der Waals surface area (Å²) in [6, 6.07) is 16.2. The first-order chi connectivity index (χ1) is 6.57. The third kappa shape index (κ3) is 1.73. The Bertz CT molecular complexity index is 452. The summed E-state index contributed by atoms with van der Waals surface area (Å²) in [5, 5.41) is 4.05. The second-order valence-electron chi connectivity index (χ2n) is 4.72. The van der Waals surface area contributed by atoms with Crippen LogP contribution in [0.1, 0.15) is 0 Å². The summed E-state index contributed by atoms with van der Waals surface area (Å²) in [6.07, 6.45) is 0. The Morgan fingerprint density at radius 3 is 2.57 bits per heavy atom. The van der Waals surface area contributed by atoms with Crippen molar-refractivity contribution in [2.24, 2.45) is 0 Å². The molecule has 0 unspecified atom stereocenters. The highest BCUT2D eigenvalue weighted by Crippen LogP contribution is 2.13. The molecule has 0 fully saturated rings. The number of fused-ring (bicyclic) bond motifs is 1. The molecule has 0 aliphatic heterocycles. The van der Waals surface area contributed by atoms with Crippen molar-refractivity contribution < 1.29 is 0 Å². The van der Waals surface area contributed by atoms with Crippen molar-refractivity contribution in [3.8, 4) is 0 Å². The minimum atomic E-state index is -1.16. The van der Waals surface area contributed by atoms with E-state index in [9.17, 15) is 0 Å². The quantitative estimate of drug-likeness (QED) is 0.619. The molecule has 2 aromatic rings. The molecule has 0 atom stereocenters. The molecule has 2 aromatic carbocycles. The molecule has 0 spiro atoms. The fraction of sp³-hybridized carbons (Fsp3) is 0.231. The maximum Gasteiger partial charge on any atom is 0.0776 e. The molecule has 0 aromatic heterocycles. The van der Waals surface area contributed by atoms with Gasteiger partial charge in [0.15, 0.2) is 0 Å².